The maximum Gasteiger partial charge on any atom is 0.154 e. The van der Waals surface area contributed by atoms with E-state index in [1.165, 1.54) is 0 Å². The Morgan fingerprint density at radius 1 is 1.09 bits per heavy atom. The molecule has 0 aliphatic heterocycles. The van der Waals surface area contributed by atoms with E-state index in [2.05, 4.69) is 25.5 Å². The lowest BCUT2D eigenvalue weighted by atomic mass is 9.81. The quantitative estimate of drug-likeness (QED) is 0.644. The lowest BCUT2D eigenvalue weighted by Gasteiger charge is -2.28. The molecule has 0 spiro atoms. The number of aromatic amines is 1. The molecule has 1 saturated carbocycles. The Bertz CT molecular complexity index is 662. The van der Waals surface area contributed by atoms with Crippen molar-refractivity contribution in [3.63, 3.8) is 0 Å². The summed E-state index contributed by atoms with van der Waals surface area (Å²) < 4.78 is 0. The summed E-state index contributed by atoms with van der Waals surface area (Å²) in [5, 5.41) is 28.8. The highest BCUT2D eigenvalue weighted by Gasteiger charge is 2.27. The molecule has 23 heavy (non-hydrogen) atoms. The van der Waals surface area contributed by atoms with Crippen molar-refractivity contribution in [3.8, 4) is 0 Å². The molecule has 0 saturated heterocycles. The van der Waals surface area contributed by atoms with Crippen molar-refractivity contribution in [1.29, 1.82) is 0 Å². The van der Waals surface area contributed by atoms with Crippen molar-refractivity contribution < 1.29 is 10.2 Å². The molecule has 2 aromatic heterocycles. The van der Waals surface area contributed by atoms with Crippen LogP contribution in [0.15, 0.2) is 12.1 Å². The molecule has 4 N–H and O–H groups in total. The number of aryl methyl sites for hydroxylation is 2. The van der Waals surface area contributed by atoms with Crippen LogP contribution in [0.1, 0.15) is 48.8 Å². The predicted octanol–water partition coefficient (Wildman–Crippen LogP) is 2.14. The van der Waals surface area contributed by atoms with Crippen molar-refractivity contribution in [3.05, 3.63) is 29.3 Å². The summed E-state index contributed by atoms with van der Waals surface area (Å²) in [6.07, 6.45) is 2.14. The third-order valence-electron chi connectivity index (χ3n) is 4.39. The van der Waals surface area contributed by atoms with Crippen LogP contribution in [-0.2, 0) is 0 Å². The summed E-state index contributed by atoms with van der Waals surface area (Å²) in [7, 11) is 0. The van der Waals surface area contributed by atoms with Crippen molar-refractivity contribution in [1.82, 2.24) is 20.2 Å². The topological polar surface area (TPSA) is 107 Å². The van der Waals surface area contributed by atoms with Crippen LogP contribution in [0.3, 0.4) is 0 Å². The van der Waals surface area contributed by atoms with Gasteiger partial charge in [-0.2, -0.15) is 5.10 Å². The van der Waals surface area contributed by atoms with E-state index in [9.17, 15) is 10.2 Å². The number of hydrogen-bond donors (Lipinski definition) is 4. The van der Waals surface area contributed by atoms with Crippen LogP contribution in [0.5, 0.6) is 0 Å². The van der Waals surface area contributed by atoms with Crippen LogP contribution in [0, 0.1) is 19.8 Å². The van der Waals surface area contributed by atoms with Gasteiger partial charge in [0.1, 0.15) is 11.6 Å². The number of nitrogens with zero attached hydrogens (tertiary/aromatic N) is 3. The van der Waals surface area contributed by atoms with Gasteiger partial charge in [0.25, 0.3) is 0 Å². The maximum atomic E-state index is 9.29. The molecular formula is C16H23N5O2. The second-order valence-electron chi connectivity index (χ2n) is 6.34. The van der Waals surface area contributed by atoms with E-state index < -0.39 is 6.29 Å². The number of aliphatic hydroxyl groups excluding tert-OH is 1. The Labute approximate surface area is 135 Å². The monoisotopic (exact) mass is 317 g/mol. The molecule has 7 heteroatoms. The summed E-state index contributed by atoms with van der Waals surface area (Å²) >= 11 is 0. The Hall–Kier alpha value is -1.99. The Morgan fingerprint density at radius 3 is 2.43 bits per heavy atom. The lowest BCUT2D eigenvalue weighted by Crippen LogP contribution is -2.25. The predicted molar refractivity (Wildman–Crippen MR) is 86.3 cm³/mol. The standard InChI is InChI=1S/C16H23N5O2/c1-9-7-13(18-14-8-10(2)20-21-14)19-15(17-9)11-3-5-12(6-4-11)16(22)23/h7-8,11-12,16,22-23H,3-6H2,1-2H3,(H2,17,18,19,20,21). The zero-order chi connectivity index (χ0) is 16.4. The number of rotatable bonds is 4. The number of aliphatic hydroxyl groups is 2. The van der Waals surface area contributed by atoms with Gasteiger partial charge in [0.05, 0.1) is 0 Å². The van der Waals surface area contributed by atoms with Crippen LogP contribution < -0.4 is 5.32 Å². The summed E-state index contributed by atoms with van der Waals surface area (Å²) in [6, 6.07) is 3.82. The third kappa shape index (κ3) is 3.86. The summed E-state index contributed by atoms with van der Waals surface area (Å²) in [5.41, 5.74) is 1.90. The SMILES string of the molecule is Cc1cc(Nc2cc(C)[nH]n2)nc(C2CCC(C(O)O)CC2)n1. The highest BCUT2D eigenvalue weighted by molar-refractivity contribution is 5.52. The Kier molecular flexibility index (Phi) is 4.58. The molecule has 0 radical (unpaired) electrons. The average molecular weight is 317 g/mol. The van der Waals surface area contributed by atoms with Crippen LogP contribution in [0.4, 0.5) is 11.6 Å². The fourth-order valence-electron chi connectivity index (χ4n) is 3.13. The zero-order valence-electron chi connectivity index (χ0n) is 13.5. The minimum absolute atomic E-state index is 0.0271. The van der Waals surface area contributed by atoms with Gasteiger partial charge in [0, 0.05) is 35.4 Å². The van der Waals surface area contributed by atoms with Crippen molar-refractivity contribution in [2.45, 2.75) is 51.7 Å². The molecule has 3 rings (SSSR count). The van der Waals surface area contributed by atoms with E-state index in [1.54, 1.807) is 0 Å². The largest absolute Gasteiger partial charge is 0.368 e. The van der Waals surface area contributed by atoms with Crippen molar-refractivity contribution in [2.24, 2.45) is 5.92 Å². The molecule has 0 aromatic carbocycles. The average Bonchev–Trinajstić information content (AvgIpc) is 2.92. The van der Waals surface area contributed by atoms with Gasteiger partial charge in [-0.05, 0) is 39.5 Å². The molecule has 0 bridgehead atoms. The van der Waals surface area contributed by atoms with Gasteiger partial charge in [-0.1, -0.05) is 0 Å². The summed E-state index contributed by atoms with van der Waals surface area (Å²) in [5.74, 6) is 2.54. The van der Waals surface area contributed by atoms with Gasteiger partial charge in [0.15, 0.2) is 12.1 Å². The van der Waals surface area contributed by atoms with E-state index >= 15 is 0 Å². The molecular weight excluding hydrogens is 294 g/mol. The fourth-order valence-corrected chi connectivity index (χ4v) is 3.13. The van der Waals surface area contributed by atoms with Crippen LogP contribution in [-0.4, -0.2) is 36.7 Å². The highest BCUT2D eigenvalue weighted by Crippen LogP contribution is 2.35. The maximum absolute atomic E-state index is 9.29. The number of aromatic nitrogens is 4. The molecule has 1 fully saturated rings. The second kappa shape index (κ2) is 6.64. The molecule has 2 aromatic rings. The van der Waals surface area contributed by atoms with E-state index in [0.717, 1.165) is 54.5 Å². The second-order valence-corrected chi connectivity index (χ2v) is 6.34. The number of nitrogens with one attached hydrogen (secondary N) is 2. The third-order valence-corrected chi connectivity index (χ3v) is 4.39. The van der Waals surface area contributed by atoms with Gasteiger partial charge in [-0.25, -0.2) is 9.97 Å². The molecule has 124 valence electrons. The summed E-state index contributed by atoms with van der Waals surface area (Å²) in [6.45, 7) is 3.90. The van der Waals surface area contributed by atoms with Crippen LogP contribution in [0.2, 0.25) is 0 Å². The highest BCUT2D eigenvalue weighted by atomic mass is 16.5. The minimum atomic E-state index is -1.21. The molecule has 0 atom stereocenters. The number of H-pyrrole nitrogens is 1. The van der Waals surface area contributed by atoms with Gasteiger partial charge in [0.2, 0.25) is 0 Å². The zero-order valence-corrected chi connectivity index (χ0v) is 13.5. The molecule has 1 aliphatic carbocycles. The normalized spacial score (nSPS) is 21.6. The van der Waals surface area contributed by atoms with Crippen molar-refractivity contribution >= 4 is 11.6 Å². The van der Waals surface area contributed by atoms with E-state index in [0.29, 0.717) is 0 Å². The Balaban J connectivity index is 1.73. The first-order chi connectivity index (χ1) is 11.0. The number of anilines is 2. The minimum Gasteiger partial charge on any atom is -0.368 e. The number of hydrogen-bond acceptors (Lipinski definition) is 6. The summed E-state index contributed by atoms with van der Waals surface area (Å²) in [4.78, 5) is 9.20. The first-order valence-corrected chi connectivity index (χ1v) is 8.02. The molecule has 0 unspecified atom stereocenters. The molecule has 2 heterocycles. The van der Waals surface area contributed by atoms with Crippen LogP contribution >= 0.6 is 0 Å². The molecule has 1 aliphatic rings. The first kappa shape index (κ1) is 15.9. The van der Waals surface area contributed by atoms with E-state index in [1.807, 2.05) is 26.0 Å². The van der Waals surface area contributed by atoms with Crippen molar-refractivity contribution in [2.75, 3.05) is 5.32 Å². The van der Waals surface area contributed by atoms with E-state index in [-0.39, 0.29) is 11.8 Å². The van der Waals surface area contributed by atoms with Gasteiger partial charge in [-0.15, -0.1) is 0 Å². The van der Waals surface area contributed by atoms with Gasteiger partial charge < -0.3 is 15.5 Å². The smallest absolute Gasteiger partial charge is 0.154 e. The molecule has 0 amide bonds. The lowest BCUT2D eigenvalue weighted by molar-refractivity contribution is -0.0939. The van der Waals surface area contributed by atoms with E-state index in [4.69, 9.17) is 0 Å². The van der Waals surface area contributed by atoms with Gasteiger partial charge >= 0.3 is 0 Å². The van der Waals surface area contributed by atoms with Crippen LogP contribution in [0.25, 0.3) is 0 Å². The van der Waals surface area contributed by atoms with Gasteiger partial charge in [-0.3, -0.25) is 5.10 Å². The first-order valence-electron chi connectivity index (χ1n) is 8.02. The fraction of sp³-hybridized carbons (Fsp3) is 0.562. The Morgan fingerprint density at radius 2 is 1.83 bits per heavy atom. The molecule has 7 nitrogen and oxygen atoms in total.